The van der Waals surface area contributed by atoms with Gasteiger partial charge in [-0.1, -0.05) is 19.1 Å². The van der Waals surface area contributed by atoms with Crippen LogP contribution in [0.1, 0.15) is 24.0 Å². The highest BCUT2D eigenvalue weighted by molar-refractivity contribution is 6.17. The Morgan fingerprint density at radius 2 is 1.90 bits per heavy atom. The lowest BCUT2D eigenvalue weighted by Crippen LogP contribution is -2.06. The molecule has 0 atom stereocenters. The predicted octanol–water partition coefficient (Wildman–Crippen LogP) is 3.41. The number of fused-ring (bicyclic) bond motifs is 1. The first-order valence-corrected chi connectivity index (χ1v) is 7.75. The van der Waals surface area contributed by atoms with E-state index in [0.29, 0.717) is 5.88 Å². The van der Waals surface area contributed by atoms with Gasteiger partial charge in [-0.05, 0) is 31.0 Å². The summed E-state index contributed by atoms with van der Waals surface area (Å²) >= 11 is 5.94. The minimum atomic E-state index is 0.558. The lowest BCUT2D eigenvalue weighted by Gasteiger charge is -2.09. The highest BCUT2D eigenvalue weighted by Gasteiger charge is 2.18. The largest absolute Gasteiger partial charge is 0.281 e. The Morgan fingerprint density at radius 3 is 2.52 bits per heavy atom. The Labute approximate surface area is 129 Å². The Hall–Kier alpha value is -1.81. The summed E-state index contributed by atoms with van der Waals surface area (Å²) in [6, 6.07) is 8.60. The van der Waals surface area contributed by atoms with Crippen molar-refractivity contribution in [3.8, 4) is 5.69 Å². The van der Waals surface area contributed by atoms with Gasteiger partial charge in [0.25, 0.3) is 0 Å². The zero-order valence-corrected chi connectivity index (χ0v) is 13.4. The highest BCUT2D eigenvalue weighted by atomic mass is 35.5. The van der Waals surface area contributed by atoms with Crippen molar-refractivity contribution < 1.29 is 0 Å². The minimum absolute atomic E-state index is 0.558. The molecular formula is C16H19ClN4. The molecule has 0 unspecified atom stereocenters. The van der Waals surface area contributed by atoms with Gasteiger partial charge in [0.15, 0.2) is 5.65 Å². The number of hydrogen-bond donors (Lipinski definition) is 0. The van der Waals surface area contributed by atoms with Crippen molar-refractivity contribution in [3.63, 3.8) is 0 Å². The molecule has 0 amide bonds. The van der Waals surface area contributed by atoms with Crippen LogP contribution in [0.5, 0.6) is 0 Å². The summed E-state index contributed by atoms with van der Waals surface area (Å²) in [5.74, 6) is 1.54. The number of nitrogens with zero attached hydrogens (tertiary/aromatic N) is 4. The quantitative estimate of drug-likeness (QED) is 0.692. The molecule has 110 valence electrons. The van der Waals surface area contributed by atoms with Crippen LogP contribution in [-0.4, -0.2) is 25.2 Å². The molecule has 21 heavy (non-hydrogen) atoms. The van der Waals surface area contributed by atoms with Crippen LogP contribution in [0, 0.1) is 6.92 Å². The SMILES string of the molecule is CCc1ccc(-n2c(CCCl)nc3c(C)nn(C)c32)cc1. The first kappa shape index (κ1) is 14.1. The minimum Gasteiger partial charge on any atom is -0.281 e. The smallest absolute Gasteiger partial charge is 0.163 e. The van der Waals surface area contributed by atoms with E-state index in [1.807, 2.05) is 18.7 Å². The number of aryl methyl sites for hydroxylation is 4. The van der Waals surface area contributed by atoms with Crippen molar-refractivity contribution in [2.24, 2.45) is 7.05 Å². The van der Waals surface area contributed by atoms with Crippen molar-refractivity contribution in [1.29, 1.82) is 0 Å². The van der Waals surface area contributed by atoms with Gasteiger partial charge >= 0.3 is 0 Å². The topological polar surface area (TPSA) is 35.6 Å². The fourth-order valence-electron chi connectivity index (χ4n) is 2.72. The average molecular weight is 303 g/mol. The van der Waals surface area contributed by atoms with E-state index in [-0.39, 0.29) is 0 Å². The third-order valence-electron chi connectivity index (χ3n) is 3.79. The summed E-state index contributed by atoms with van der Waals surface area (Å²) in [4.78, 5) is 4.74. The molecular weight excluding hydrogens is 284 g/mol. The Bertz CT molecular complexity index is 768. The van der Waals surface area contributed by atoms with Gasteiger partial charge < -0.3 is 0 Å². The molecule has 0 radical (unpaired) electrons. The summed E-state index contributed by atoms with van der Waals surface area (Å²) in [5.41, 5.74) is 5.37. The van der Waals surface area contributed by atoms with Crippen LogP contribution in [0.2, 0.25) is 0 Å². The van der Waals surface area contributed by atoms with Gasteiger partial charge in [0.1, 0.15) is 11.3 Å². The van der Waals surface area contributed by atoms with E-state index < -0.39 is 0 Å². The summed E-state index contributed by atoms with van der Waals surface area (Å²) < 4.78 is 4.06. The molecule has 4 nitrogen and oxygen atoms in total. The van der Waals surface area contributed by atoms with Crippen LogP contribution in [0.4, 0.5) is 0 Å². The van der Waals surface area contributed by atoms with Gasteiger partial charge in [-0.15, -0.1) is 11.6 Å². The summed E-state index contributed by atoms with van der Waals surface area (Å²) in [6.45, 7) is 4.15. The maximum absolute atomic E-state index is 5.94. The Morgan fingerprint density at radius 1 is 1.19 bits per heavy atom. The second-order valence-electron chi connectivity index (χ2n) is 5.20. The van der Waals surface area contributed by atoms with Crippen LogP contribution >= 0.6 is 11.6 Å². The van der Waals surface area contributed by atoms with Crippen LogP contribution in [0.3, 0.4) is 0 Å². The Kier molecular flexibility index (Phi) is 3.72. The predicted molar refractivity (Wildman–Crippen MR) is 86.4 cm³/mol. The fraction of sp³-hybridized carbons (Fsp3) is 0.375. The molecule has 0 aliphatic heterocycles. The molecule has 0 saturated carbocycles. The van der Waals surface area contributed by atoms with Crippen LogP contribution in [-0.2, 0) is 19.9 Å². The summed E-state index contributed by atoms with van der Waals surface area (Å²) in [5, 5.41) is 4.47. The molecule has 1 aromatic carbocycles. The highest BCUT2D eigenvalue weighted by Crippen LogP contribution is 2.24. The van der Waals surface area contributed by atoms with Gasteiger partial charge in [-0.3, -0.25) is 4.57 Å². The standard InChI is InChI=1S/C16H19ClN4/c1-4-12-5-7-13(8-6-12)21-14(9-10-17)18-15-11(2)19-20(3)16(15)21/h5-8H,4,9-10H2,1-3H3. The van der Waals surface area contributed by atoms with E-state index in [9.17, 15) is 0 Å². The van der Waals surface area contributed by atoms with Crippen LogP contribution < -0.4 is 0 Å². The molecule has 5 heteroatoms. The zero-order chi connectivity index (χ0) is 15.0. The van der Waals surface area contributed by atoms with E-state index in [2.05, 4.69) is 40.9 Å². The van der Waals surface area contributed by atoms with E-state index in [0.717, 1.165) is 41.2 Å². The van der Waals surface area contributed by atoms with E-state index in [1.54, 1.807) is 0 Å². The maximum Gasteiger partial charge on any atom is 0.163 e. The van der Waals surface area contributed by atoms with Crippen molar-refractivity contribution in [1.82, 2.24) is 19.3 Å². The van der Waals surface area contributed by atoms with Gasteiger partial charge in [-0.2, -0.15) is 5.10 Å². The molecule has 0 aliphatic rings. The van der Waals surface area contributed by atoms with Crippen molar-refractivity contribution >= 4 is 22.8 Å². The summed E-state index contributed by atoms with van der Waals surface area (Å²) in [6.07, 6.45) is 1.78. The second kappa shape index (κ2) is 5.53. The molecule has 0 N–H and O–H groups in total. The normalized spacial score (nSPS) is 11.4. The number of imidazole rings is 1. The Balaban J connectivity index is 2.24. The molecule has 0 spiro atoms. The van der Waals surface area contributed by atoms with Gasteiger partial charge in [0.2, 0.25) is 0 Å². The average Bonchev–Trinajstić information content (AvgIpc) is 2.98. The molecule has 2 aromatic heterocycles. The number of aromatic nitrogens is 4. The van der Waals surface area contributed by atoms with E-state index in [1.165, 1.54) is 5.56 Å². The van der Waals surface area contributed by atoms with E-state index in [4.69, 9.17) is 16.6 Å². The van der Waals surface area contributed by atoms with Crippen molar-refractivity contribution in [2.45, 2.75) is 26.7 Å². The van der Waals surface area contributed by atoms with Gasteiger partial charge in [-0.25, -0.2) is 9.67 Å². The number of alkyl halides is 1. The third kappa shape index (κ3) is 2.33. The third-order valence-corrected chi connectivity index (χ3v) is 3.98. The molecule has 0 bridgehead atoms. The molecule has 2 heterocycles. The first-order valence-electron chi connectivity index (χ1n) is 7.22. The van der Waals surface area contributed by atoms with Crippen molar-refractivity contribution in [2.75, 3.05) is 5.88 Å². The van der Waals surface area contributed by atoms with E-state index >= 15 is 0 Å². The van der Waals surface area contributed by atoms with Gasteiger partial charge in [0, 0.05) is 25.0 Å². The summed E-state index contributed by atoms with van der Waals surface area (Å²) in [7, 11) is 1.96. The number of halogens is 1. The molecule has 0 aliphatic carbocycles. The van der Waals surface area contributed by atoms with Crippen molar-refractivity contribution in [3.05, 3.63) is 41.3 Å². The van der Waals surface area contributed by atoms with Gasteiger partial charge in [0.05, 0.1) is 5.69 Å². The fourth-order valence-corrected chi connectivity index (χ4v) is 2.89. The molecule has 0 fully saturated rings. The number of rotatable bonds is 4. The zero-order valence-electron chi connectivity index (χ0n) is 12.6. The lowest BCUT2D eigenvalue weighted by molar-refractivity contribution is 0.751. The lowest BCUT2D eigenvalue weighted by atomic mass is 10.1. The number of hydrogen-bond acceptors (Lipinski definition) is 2. The van der Waals surface area contributed by atoms with Crippen LogP contribution in [0.15, 0.2) is 24.3 Å². The molecule has 3 aromatic rings. The first-order chi connectivity index (χ1) is 10.2. The maximum atomic E-state index is 5.94. The monoisotopic (exact) mass is 302 g/mol. The second-order valence-corrected chi connectivity index (χ2v) is 5.58. The molecule has 0 saturated heterocycles. The van der Waals surface area contributed by atoms with Crippen LogP contribution in [0.25, 0.3) is 16.9 Å². The number of benzene rings is 1. The molecule has 3 rings (SSSR count).